The number of carboxylic acids is 1. The summed E-state index contributed by atoms with van der Waals surface area (Å²) in [5.41, 5.74) is 0. The summed E-state index contributed by atoms with van der Waals surface area (Å²) in [6, 6.07) is -0.884. The van der Waals surface area contributed by atoms with Crippen LogP contribution in [0.2, 0.25) is 0 Å². The summed E-state index contributed by atoms with van der Waals surface area (Å²) in [5, 5.41) is 11.6. The van der Waals surface area contributed by atoms with Crippen molar-refractivity contribution in [2.45, 2.75) is 53.0 Å². The number of rotatable bonds is 9. The van der Waals surface area contributed by atoms with Crippen molar-refractivity contribution in [3.63, 3.8) is 0 Å². The number of carbonyl (C=O) groups excluding carboxylic acids is 2. The normalized spacial score (nSPS) is 13.4. The molecule has 0 aliphatic carbocycles. The van der Waals surface area contributed by atoms with Crippen LogP contribution in [0.1, 0.15) is 47.0 Å². The van der Waals surface area contributed by atoms with Gasteiger partial charge in [-0.2, -0.15) is 0 Å². The van der Waals surface area contributed by atoms with E-state index in [0.29, 0.717) is 6.42 Å². The van der Waals surface area contributed by atoms with E-state index in [1.165, 1.54) is 18.7 Å². The van der Waals surface area contributed by atoms with Gasteiger partial charge in [-0.1, -0.05) is 26.7 Å². The fourth-order valence-corrected chi connectivity index (χ4v) is 2.03. The van der Waals surface area contributed by atoms with Crippen LogP contribution in [0.4, 0.5) is 0 Å². The van der Waals surface area contributed by atoms with E-state index >= 15 is 0 Å². The predicted octanol–water partition coefficient (Wildman–Crippen LogP) is 1.25. The molecule has 0 heterocycles. The Hall–Kier alpha value is -1.59. The van der Waals surface area contributed by atoms with E-state index in [2.05, 4.69) is 12.2 Å². The SMILES string of the molecule is CCCC(C)CC(=O)N(CCNC(C)=O)C(C)C(=O)O. The monoisotopic (exact) mass is 286 g/mol. The lowest BCUT2D eigenvalue weighted by Gasteiger charge is -2.27. The second kappa shape index (κ2) is 9.34. The van der Waals surface area contributed by atoms with Gasteiger partial charge in [-0.25, -0.2) is 4.79 Å². The van der Waals surface area contributed by atoms with Crippen LogP contribution < -0.4 is 5.32 Å². The zero-order valence-corrected chi connectivity index (χ0v) is 12.8. The van der Waals surface area contributed by atoms with Gasteiger partial charge >= 0.3 is 5.97 Å². The molecule has 0 aromatic heterocycles. The Morgan fingerprint density at radius 2 is 1.85 bits per heavy atom. The van der Waals surface area contributed by atoms with E-state index in [0.717, 1.165) is 12.8 Å². The summed E-state index contributed by atoms with van der Waals surface area (Å²) in [7, 11) is 0. The lowest BCUT2D eigenvalue weighted by atomic mass is 10.0. The fraction of sp³-hybridized carbons (Fsp3) is 0.786. The lowest BCUT2D eigenvalue weighted by Crippen LogP contribution is -2.47. The Labute approximate surface area is 120 Å². The maximum atomic E-state index is 12.2. The summed E-state index contributed by atoms with van der Waals surface area (Å²) in [6.07, 6.45) is 2.27. The molecule has 0 bridgehead atoms. The topological polar surface area (TPSA) is 86.7 Å². The Kier molecular flexibility index (Phi) is 8.59. The largest absolute Gasteiger partial charge is 0.480 e. The molecule has 0 fully saturated rings. The van der Waals surface area contributed by atoms with Crippen molar-refractivity contribution in [1.29, 1.82) is 0 Å². The molecule has 2 N–H and O–H groups in total. The smallest absolute Gasteiger partial charge is 0.326 e. The molecule has 0 aliphatic rings. The summed E-state index contributed by atoms with van der Waals surface area (Å²) >= 11 is 0. The minimum absolute atomic E-state index is 0.175. The predicted molar refractivity (Wildman–Crippen MR) is 76.2 cm³/mol. The van der Waals surface area contributed by atoms with Gasteiger partial charge in [0.05, 0.1) is 0 Å². The van der Waals surface area contributed by atoms with Crippen LogP contribution in [0.15, 0.2) is 0 Å². The molecule has 0 aromatic carbocycles. The first-order valence-corrected chi connectivity index (χ1v) is 7.06. The minimum Gasteiger partial charge on any atom is -0.480 e. The molecule has 6 nitrogen and oxygen atoms in total. The molecular formula is C14H26N2O4. The van der Waals surface area contributed by atoms with Crippen molar-refractivity contribution >= 4 is 17.8 Å². The van der Waals surface area contributed by atoms with E-state index in [1.807, 2.05) is 6.92 Å². The molecular weight excluding hydrogens is 260 g/mol. The van der Waals surface area contributed by atoms with Crippen molar-refractivity contribution in [3.8, 4) is 0 Å². The lowest BCUT2D eigenvalue weighted by molar-refractivity contribution is -0.149. The fourth-order valence-electron chi connectivity index (χ4n) is 2.03. The Morgan fingerprint density at radius 1 is 1.25 bits per heavy atom. The molecule has 0 aliphatic heterocycles. The Bertz CT molecular complexity index is 344. The Balaban J connectivity index is 4.61. The average molecular weight is 286 g/mol. The molecule has 20 heavy (non-hydrogen) atoms. The van der Waals surface area contributed by atoms with Crippen LogP contribution in [0.25, 0.3) is 0 Å². The second-order valence-electron chi connectivity index (χ2n) is 5.18. The van der Waals surface area contributed by atoms with Gasteiger partial charge in [0.25, 0.3) is 0 Å². The van der Waals surface area contributed by atoms with Gasteiger partial charge in [-0.05, 0) is 12.8 Å². The van der Waals surface area contributed by atoms with E-state index in [1.54, 1.807) is 0 Å². The van der Waals surface area contributed by atoms with Gasteiger partial charge in [0, 0.05) is 26.4 Å². The zero-order valence-electron chi connectivity index (χ0n) is 12.8. The highest BCUT2D eigenvalue weighted by atomic mass is 16.4. The number of carboxylic acid groups (broad SMARTS) is 1. The first kappa shape index (κ1) is 18.4. The molecule has 0 aromatic rings. The van der Waals surface area contributed by atoms with Gasteiger partial charge in [0.15, 0.2) is 0 Å². The number of amides is 2. The third kappa shape index (κ3) is 7.11. The highest BCUT2D eigenvalue weighted by Gasteiger charge is 2.25. The highest BCUT2D eigenvalue weighted by molar-refractivity contribution is 5.83. The van der Waals surface area contributed by atoms with Crippen LogP contribution in [0.5, 0.6) is 0 Å². The van der Waals surface area contributed by atoms with Gasteiger partial charge in [0.2, 0.25) is 11.8 Å². The summed E-state index contributed by atoms with van der Waals surface area (Å²) < 4.78 is 0. The van der Waals surface area contributed by atoms with Crippen LogP contribution in [-0.4, -0.2) is 46.9 Å². The molecule has 2 amide bonds. The van der Waals surface area contributed by atoms with Gasteiger partial charge < -0.3 is 15.3 Å². The highest BCUT2D eigenvalue weighted by Crippen LogP contribution is 2.13. The standard InChI is InChI=1S/C14H26N2O4/c1-5-6-10(2)9-13(18)16(11(3)14(19)20)8-7-15-12(4)17/h10-11H,5-9H2,1-4H3,(H,15,17)(H,19,20). The third-order valence-electron chi connectivity index (χ3n) is 3.18. The number of hydrogen-bond acceptors (Lipinski definition) is 3. The second-order valence-corrected chi connectivity index (χ2v) is 5.18. The van der Waals surface area contributed by atoms with E-state index in [9.17, 15) is 14.4 Å². The van der Waals surface area contributed by atoms with Crippen LogP contribution in [0, 0.1) is 5.92 Å². The molecule has 0 saturated carbocycles. The summed E-state index contributed by atoms with van der Waals surface area (Å²) in [5.74, 6) is -1.17. The molecule has 0 rings (SSSR count). The molecule has 2 atom stereocenters. The summed E-state index contributed by atoms with van der Waals surface area (Å²) in [4.78, 5) is 35.4. The number of nitrogens with zero attached hydrogens (tertiary/aromatic N) is 1. The van der Waals surface area contributed by atoms with Crippen molar-refractivity contribution in [2.75, 3.05) is 13.1 Å². The number of aliphatic carboxylic acids is 1. The molecule has 0 radical (unpaired) electrons. The summed E-state index contributed by atoms with van der Waals surface area (Å²) in [6.45, 7) is 7.38. The maximum absolute atomic E-state index is 12.2. The van der Waals surface area contributed by atoms with E-state index < -0.39 is 12.0 Å². The number of carbonyl (C=O) groups is 3. The molecule has 116 valence electrons. The van der Waals surface area contributed by atoms with Crippen LogP contribution in [-0.2, 0) is 14.4 Å². The zero-order chi connectivity index (χ0) is 15.7. The minimum atomic E-state index is -1.04. The number of hydrogen-bond donors (Lipinski definition) is 2. The average Bonchev–Trinajstić information content (AvgIpc) is 2.33. The van der Waals surface area contributed by atoms with Crippen molar-refractivity contribution in [1.82, 2.24) is 10.2 Å². The Morgan fingerprint density at radius 3 is 2.30 bits per heavy atom. The van der Waals surface area contributed by atoms with E-state index in [4.69, 9.17) is 5.11 Å². The van der Waals surface area contributed by atoms with Gasteiger partial charge in [-0.15, -0.1) is 0 Å². The van der Waals surface area contributed by atoms with Crippen molar-refractivity contribution in [2.24, 2.45) is 5.92 Å². The first-order chi connectivity index (χ1) is 9.29. The quantitative estimate of drug-likeness (QED) is 0.668. The molecule has 6 heteroatoms. The third-order valence-corrected chi connectivity index (χ3v) is 3.18. The van der Waals surface area contributed by atoms with E-state index in [-0.39, 0.29) is 30.8 Å². The van der Waals surface area contributed by atoms with Gasteiger partial charge in [-0.3, -0.25) is 9.59 Å². The maximum Gasteiger partial charge on any atom is 0.326 e. The molecule has 0 saturated heterocycles. The van der Waals surface area contributed by atoms with Gasteiger partial charge in [0.1, 0.15) is 6.04 Å². The van der Waals surface area contributed by atoms with Crippen molar-refractivity contribution in [3.05, 3.63) is 0 Å². The van der Waals surface area contributed by atoms with Crippen LogP contribution in [0.3, 0.4) is 0 Å². The molecule has 0 spiro atoms. The van der Waals surface area contributed by atoms with Crippen molar-refractivity contribution < 1.29 is 19.5 Å². The first-order valence-electron chi connectivity index (χ1n) is 7.06. The van der Waals surface area contributed by atoms with Crippen LogP contribution >= 0.6 is 0 Å². The number of nitrogens with one attached hydrogen (secondary N) is 1. The molecule has 2 unspecified atom stereocenters.